The Morgan fingerprint density at radius 1 is 1.36 bits per heavy atom. The Morgan fingerprint density at radius 2 is 2.08 bits per heavy atom. The molecule has 1 heterocycles. The minimum Gasteiger partial charge on any atom is -0.497 e. The first-order valence-electron chi connectivity index (χ1n) is 8.59. The van der Waals surface area contributed by atoms with E-state index < -0.39 is 11.9 Å². The predicted molar refractivity (Wildman–Crippen MR) is 91.7 cm³/mol. The fourth-order valence-corrected chi connectivity index (χ4v) is 3.22. The molecule has 25 heavy (non-hydrogen) atoms. The zero-order chi connectivity index (χ0) is 18.2. The van der Waals surface area contributed by atoms with Crippen molar-refractivity contribution in [2.45, 2.75) is 38.6 Å². The van der Waals surface area contributed by atoms with Gasteiger partial charge in [-0.05, 0) is 30.5 Å². The molecule has 0 aliphatic carbocycles. The van der Waals surface area contributed by atoms with Crippen molar-refractivity contribution in [3.05, 3.63) is 29.8 Å². The molecule has 2 atom stereocenters. The minimum absolute atomic E-state index is 0.0543. The summed E-state index contributed by atoms with van der Waals surface area (Å²) >= 11 is 0. The van der Waals surface area contributed by atoms with Gasteiger partial charge in [0.05, 0.1) is 19.1 Å². The van der Waals surface area contributed by atoms with Crippen molar-refractivity contribution in [3.8, 4) is 11.8 Å². The standard InChI is InChI=1S/C19H24N2O4/c1-3-4-12-21-17(22)10-9-16(19(23)25-13-11-20)18(21)14-5-7-15(24-2)8-6-14/h5-8,16,18H,3-4,9-10,12-13H2,1-2H3/t16-,18+/m0/s1. The molecule has 1 amide bonds. The monoisotopic (exact) mass is 344 g/mol. The maximum atomic E-state index is 12.5. The van der Waals surface area contributed by atoms with E-state index in [-0.39, 0.29) is 18.6 Å². The lowest BCUT2D eigenvalue weighted by atomic mass is 9.84. The van der Waals surface area contributed by atoms with Crippen LogP contribution in [0.3, 0.4) is 0 Å². The van der Waals surface area contributed by atoms with Gasteiger partial charge < -0.3 is 14.4 Å². The van der Waals surface area contributed by atoms with Gasteiger partial charge >= 0.3 is 5.97 Å². The molecule has 1 fully saturated rings. The molecule has 0 unspecified atom stereocenters. The number of benzene rings is 1. The van der Waals surface area contributed by atoms with Crippen molar-refractivity contribution in [2.75, 3.05) is 20.3 Å². The van der Waals surface area contributed by atoms with Crippen LogP contribution in [0.25, 0.3) is 0 Å². The maximum absolute atomic E-state index is 12.5. The third kappa shape index (κ3) is 4.50. The molecular formula is C19H24N2O4. The fraction of sp³-hybridized carbons (Fsp3) is 0.526. The SMILES string of the molecule is CCCCN1C(=O)CC[C@H](C(=O)OCC#N)[C@H]1c1ccc(OC)cc1. The van der Waals surface area contributed by atoms with Gasteiger partial charge in [0.1, 0.15) is 11.8 Å². The first-order valence-corrected chi connectivity index (χ1v) is 8.59. The minimum atomic E-state index is -0.462. The number of hydrogen-bond acceptors (Lipinski definition) is 5. The number of hydrogen-bond donors (Lipinski definition) is 0. The molecule has 1 aromatic rings. The smallest absolute Gasteiger partial charge is 0.312 e. The van der Waals surface area contributed by atoms with Crippen LogP contribution in [0.5, 0.6) is 5.75 Å². The van der Waals surface area contributed by atoms with E-state index in [1.54, 1.807) is 12.0 Å². The van der Waals surface area contributed by atoms with Crippen LogP contribution >= 0.6 is 0 Å². The average Bonchev–Trinajstić information content (AvgIpc) is 2.65. The Kier molecular flexibility index (Phi) is 6.81. The van der Waals surface area contributed by atoms with E-state index in [0.717, 1.165) is 24.2 Å². The number of methoxy groups -OCH3 is 1. The van der Waals surface area contributed by atoms with Gasteiger partial charge in [-0.2, -0.15) is 5.26 Å². The second-order valence-electron chi connectivity index (χ2n) is 6.07. The van der Waals surface area contributed by atoms with Crippen LogP contribution in [0.1, 0.15) is 44.2 Å². The van der Waals surface area contributed by atoms with Gasteiger partial charge in [0.2, 0.25) is 5.91 Å². The fourth-order valence-electron chi connectivity index (χ4n) is 3.22. The normalized spacial score (nSPS) is 20.0. The Bertz CT molecular complexity index is 636. The number of rotatable bonds is 7. The summed E-state index contributed by atoms with van der Waals surface area (Å²) in [5.74, 6) is -0.110. The maximum Gasteiger partial charge on any atom is 0.312 e. The third-order valence-electron chi connectivity index (χ3n) is 4.50. The second kappa shape index (κ2) is 9.07. The summed E-state index contributed by atoms with van der Waals surface area (Å²) in [6, 6.07) is 8.86. The number of amides is 1. The van der Waals surface area contributed by atoms with E-state index in [2.05, 4.69) is 6.92 Å². The second-order valence-corrected chi connectivity index (χ2v) is 6.07. The van der Waals surface area contributed by atoms with Crippen LogP contribution in [-0.4, -0.2) is 37.0 Å². The number of ether oxygens (including phenoxy) is 2. The summed E-state index contributed by atoms with van der Waals surface area (Å²) in [5.41, 5.74) is 0.879. The molecule has 6 heteroatoms. The predicted octanol–water partition coefficient (Wildman–Crippen LogP) is 2.84. The highest BCUT2D eigenvalue weighted by Crippen LogP contribution is 2.38. The van der Waals surface area contributed by atoms with Crippen LogP contribution in [-0.2, 0) is 14.3 Å². The van der Waals surface area contributed by atoms with Gasteiger partial charge in [-0.25, -0.2) is 0 Å². The summed E-state index contributed by atoms with van der Waals surface area (Å²) in [7, 11) is 1.59. The van der Waals surface area contributed by atoms with Crippen molar-refractivity contribution in [3.63, 3.8) is 0 Å². The molecule has 1 aliphatic rings. The van der Waals surface area contributed by atoms with Gasteiger partial charge in [0.15, 0.2) is 6.61 Å². The summed E-state index contributed by atoms with van der Waals surface area (Å²) in [4.78, 5) is 26.7. The lowest BCUT2D eigenvalue weighted by molar-refractivity contribution is -0.156. The number of carbonyl (C=O) groups excluding carboxylic acids is 2. The lowest BCUT2D eigenvalue weighted by Gasteiger charge is -2.40. The molecule has 0 aromatic heterocycles. The molecule has 2 rings (SSSR count). The van der Waals surface area contributed by atoms with Gasteiger partial charge in [0, 0.05) is 13.0 Å². The van der Waals surface area contributed by atoms with Crippen molar-refractivity contribution < 1.29 is 19.1 Å². The highest BCUT2D eigenvalue weighted by Gasteiger charge is 2.41. The number of nitrogens with zero attached hydrogens (tertiary/aromatic N) is 2. The molecule has 0 saturated carbocycles. The molecule has 0 spiro atoms. The van der Waals surface area contributed by atoms with E-state index in [9.17, 15) is 9.59 Å². The van der Waals surface area contributed by atoms with E-state index in [1.165, 1.54) is 0 Å². The molecule has 0 N–H and O–H groups in total. The highest BCUT2D eigenvalue weighted by molar-refractivity contribution is 5.82. The molecule has 0 radical (unpaired) electrons. The van der Waals surface area contributed by atoms with E-state index >= 15 is 0 Å². The first kappa shape index (κ1) is 18.8. The Hall–Kier alpha value is -2.55. The third-order valence-corrected chi connectivity index (χ3v) is 4.50. The largest absolute Gasteiger partial charge is 0.497 e. The van der Waals surface area contributed by atoms with E-state index in [1.807, 2.05) is 30.3 Å². The van der Waals surface area contributed by atoms with Crippen molar-refractivity contribution in [1.29, 1.82) is 5.26 Å². The number of esters is 1. The van der Waals surface area contributed by atoms with E-state index in [0.29, 0.717) is 19.4 Å². The highest BCUT2D eigenvalue weighted by atomic mass is 16.5. The molecule has 1 saturated heterocycles. The zero-order valence-electron chi connectivity index (χ0n) is 14.7. The summed E-state index contributed by atoms with van der Waals surface area (Å²) in [5, 5.41) is 8.66. The van der Waals surface area contributed by atoms with Crippen molar-refractivity contribution >= 4 is 11.9 Å². The van der Waals surface area contributed by atoms with Crippen molar-refractivity contribution in [2.24, 2.45) is 5.92 Å². The van der Waals surface area contributed by atoms with E-state index in [4.69, 9.17) is 14.7 Å². The van der Waals surface area contributed by atoms with Gasteiger partial charge in [0.25, 0.3) is 0 Å². The number of carbonyl (C=O) groups is 2. The summed E-state index contributed by atoms with van der Waals surface area (Å²) in [6.45, 7) is 2.40. The summed E-state index contributed by atoms with van der Waals surface area (Å²) < 4.78 is 10.2. The molecule has 0 bridgehead atoms. The van der Waals surface area contributed by atoms with Crippen LogP contribution in [0, 0.1) is 17.2 Å². The zero-order valence-corrected chi connectivity index (χ0v) is 14.7. The molecule has 1 aromatic carbocycles. The number of unbranched alkanes of at least 4 members (excludes halogenated alkanes) is 1. The van der Waals surface area contributed by atoms with Gasteiger partial charge in [-0.3, -0.25) is 9.59 Å². The topological polar surface area (TPSA) is 79.6 Å². The van der Waals surface area contributed by atoms with Crippen LogP contribution < -0.4 is 4.74 Å². The lowest BCUT2D eigenvalue weighted by Crippen LogP contribution is -2.46. The molecular weight excluding hydrogens is 320 g/mol. The Balaban J connectivity index is 2.34. The van der Waals surface area contributed by atoms with Crippen LogP contribution in [0.15, 0.2) is 24.3 Å². The molecule has 1 aliphatic heterocycles. The Morgan fingerprint density at radius 3 is 2.68 bits per heavy atom. The van der Waals surface area contributed by atoms with Crippen LogP contribution in [0.4, 0.5) is 0 Å². The first-order chi connectivity index (χ1) is 12.1. The quantitative estimate of drug-likeness (QED) is 0.711. The number of piperidine rings is 1. The van der Waals surface area contributed by atoms with Crippen LogP contribution in [0.2, 0.25) is 0 Å². The molecule has 6 nitrogen and oxygen atoms in total. The van der Waals surface area contributed by atoms with Gasteiger partial charge in [-0.1, -0.05) is 25.5 Å². The summed E-state index contributed by atoms with van der Waals surface area (Å²) in [6.07, 6.45) is 2.59. The van der Waals surface area contributed by atoms with Crippen molar-refractivity contribution in [1.82, 2.24) is 4.90 Å². The number of nitriles is 1. The average molecular weight is 344 g/mol. The van der Waals surface area contributed by atoms with Gasteiger partial charge in [-0.15, -0.1) is 0 Å². The Labute approximate surface area is 148 Å². The molecule has 134 valence electrons. The number of likely N-dealkylation sites (tertiary alicyclic amines) is 1.